The summed E-state index contributed by atoms with van der Waals surface area (Å²) < 4.78 is 0. The molecule has 0 unspecified atom stereocenters. The van der Waals surface area contributed by atoms with E-state index in [1.54, 1.807) is 19.2 Å². The van der Waals surface area contributed by atoms with Gasteiger partial charge in [0.05, 0.1) is 17.1 Å². The van der Waals surface area contributed by atoms with Gasteiger partial charge in [-0.1, -0.05) is 11.6 Å². The maximum Gasteiger partial charge on any atom is 0.238 e. The third-order valence-corrected chi connectivity index (χ3v) is 2.04. The van der Waals surface area contributed by atoms with Crippen molar-refractivity contribution in [1.82, 2.24) is 5.32 Å². The fraction of sp³-hybridized carbons (Fsp3) is 0.200. The molecule has 0 aliphatic heterocycles. The largest absolute Gasteiger partial charge is 0.325 e. The predicted octanol–water partition coefficient (Wildman–Crippen LogP) is 1.37. The average Bonchev–Trinajstić information content (AvgIpc) is 2.21. The minimum absolute atomic E-state index is 0.163. The minimum Gasteiger partial charge on any atom is -0.325 e. The number of carbonyl (C=O) groups is 1. The Labute approximate surface area is 92.8 Å². The van der Waals surface area contributed by atoms with Gasteiger partial charge >= 0.3 is 0 Å². The van der Waals surface area contributed by atoms with Crippen molar-refractivity contribution in [3.63, 3.8) is 0 Å². The monoisotopic (exact) mass is 223 g/mol. The van der Waals surface area contributed by atoms with Gasteiger partial charge in [0, 0.05) is 5.69 Å². The normalized spacial score (nSPS) is 9.40. The summed E-state index contributed by atoms with van der Waals surface area (Å²) >= 11 is 5.75. The summed E-state index contributed by atoms with van der Waals surface area (Å²) in [6, 6.07) is 6.71. The third kappa shape index (κ3) is 3.24. The van der Waals surface area contributed by atoms with E-state index in [2.05, 4.69) is 10.6 Å². The molecular formula is C10H10ClN3O. The highest BCUT2D eigenvalue weighted by Crippen LogP contribution is 2.19. The van der Waals surface area contributed by atoms with Gasteiger partial charge in [-0.2, -0.15) is 5.26 Å². The van der Waals surface area contributed by atoms with Crippen LogP contribution >= 0.6 is 11.6 Å². The van der Waals surface area contributed by atoms with Gasteiger partial charge in [-0.3, -0.25) is 4.79 Å². The molecular weight excluding hydrogens is 214 g/mol. The lowest BCUT2D eigenvalue weighted by Crippen LogP contribution is -2.25. The number of nitriles is 1. The average molecular weight is 224 g/mol. The molecule has 0 saturated heterocycles. The van der Waals surface area contributed by atoms with E-state index < -0.39 is 0 Å². The van der Waals surface area contributed by atoms with E-state index in [0.29, 0.717) is 16.3 Å². The van der Waals surface area contributed by atoms with Gasteiger partial charge < -0.3 is 10.6 Å². The van der Waals surface area contributed by atoms with Crippen LogP contribution in [0.5, 0.6) is 0 Å². The molecule has 0 bridgehead atoms. The maximum absolute atomic E-state index is 11.2. The number of nitrogens with zero attached hydrogens (tertiary/aromatic N) is 1. The Hall–Kier alpha value is -1.57. The number of anilines is 1. The Balaban J connectivity index is 2.80. The summed E-state index contributed by atoms with van der Waals surface area (Å²) in [5.41, 5.74) is 0.912. The second-order valence-corrected chi connectivity index (χ2v) is 3.29. The number of nitrogens with one attached hydrogen (secondary N) is 2. The van der Waals surface area contributed by atoms with Crippen molar-refractivity contribution < 1.29 is 4.79 Å². The molecule has 0 fully saturated rings. The van der Waals surface area contributed by atoms with Crippen molar-refractivity contribution >= 4 is 23.2 Å². The van der Waals surface area contributed by atoms with E-state index in [1.807, 2.05) is 6.07 Å². The van der Waals surface area contributed by atoms with Crippen LogP contribution in [0.1, 0.15) is 5.56 Å². The molecule has 0 aliphatic carbocycles. The molecule has 1 aromatic rings. The molecule has 78 valence electrons. The van der Waals surface area contributed by atoms with Crippen LogP contribution in [0.4, 0.5) is 5.69 Å². The lowest BCUT2D eigenvalue weighted by atomic mass is 10.2. The molecule has 4 nitrogen and oxygen atoms in total. The Bertz CT molecular complexity index is 412. The van der Waals surface area contributed by atoms with Gasteiger partial charge in [0.1, 0.15) is 6.07 Å². The fourth-order valence-corrected chi connectivity index (χ4v) is 1.21. The Morgan fingerprint density at radius 2 is 2.33 bits per heavy atom. The first-order valence-electron chi connectivity index (χ1n) is 4.31. The Morgan fingerprint density at radius 1 is 1.60 bits per heavy atom. The van der Waals surface area contributed by atoms with Crippen molar-refractivity contribution in [1.29, 1.82) is 5.26 Å². The minimum atomic E-state index is -0.163. The lowest BCUT2D eigenvalue weighted by molar-refractivity contribution is -0.115. The van der Waals surface area contributed by atoms with Crippen molar-refractivity contribution in [2.45, 2.75) is 0 Å². The highest BCUT2D eigenvalue weighted by Gasteiger charge is 2.04. The van der Waals surface area contributed by atoms with Gasteiger partial charge in [0.25, 0.3) is 0 Å². The molecule has 0 spiro atoms. The summed E-state index contributed by atoms with van der Waals surface area (Å²) in [6.45, 7) is 0.227. The van der Waals surface area contributed by atoms with E-state index in [4.69, 9.17) is 16.9 Å². The van der Waals surface area contributed by atoms with Crippen LogP contribution in [0.2, 0.25) is 5.02 Å². The number of likely N-dealkylation sites (N-methyl/N-ethyl adjacent to an activating group) is 1. The number of carbonyl (C=O) groups excluding carboxylic acids is 1. The molecule has 0 aliphatic rings. The topological polar surface area (TPSA) is 64.9 Å². The molecule has 2 N–H and O–H groups in total. The number of rotatable bonds is 3. The number of halogens is 1. The van der Waals surface area contributed by atoms with Gasteiger partial charge in [0.2, 0.25) is 5.91 Å². The molecule has 1 amide bonds. The molecule has 0 aromatic heterocycles. The first kappa shape index (κ1) is 11.5. The van der Waals surface area contributed by atoms with Crippen molar-refractivity contribution in [2.24, 2.45) is 0 Å². The summed E-state index contributed by atoms with van der Waals surface area (Å²) in [6.07, 6.45) is 0. The van der Waals surface area contributed by atoms with Crippen LogP contribution in [0.15, 0.2) is 18.2 Å². The standard InChI is InChI=1S/C10H10ClN3O/c1-13-6-10(15)14-8-2-3-9(11)7(4-8)5-12/h2-4,13H,6H2,1H3,(H,14,15). The zero-order chi connectivity index (χ0) is 11.3. The number of hydrogen-bond donors (Lipinski definition) is 2. The Kier molecular flexibility index (Phi) is 4.10. The summed E-state index contributed by atoms with van der Waals surface area (Å²) in [7, 11) is 1.68. The molecule has 5 heteroatoms. The molecule has 1 rings (SSSR count). The van der Waals surface area contributed by atoms with Gasteiger partial charge in [-0.15, -0.1) is 0 Å². The number of hydrogen-bond acceptors (Lipinski definition) is 3. The summed E-state index contributed by atoms with van der Waals surface area (Å²) in [5, 5.41) is 14.5. The highest BCUT2D eigenvalue weighted by atomic mass is 35.5. The summed E-state index contributed by atoms with van der Waals surface area (Å²) in [5.74, 6) is -0.163. The van der Waals surface area contributed by atoms with Gasteiger partial charge in [-0.25, -0.2) is 0 Å². The zero-order valence-electron chi connectivity index (χ0n) is 8.17. The Morgan fingerprint density at radius 3 is 2.93 bits per heavy atom. The van der Waals surface area contributed by atoms with Crippen LogP contribution in [0, 0.1) is 11.3 Å². The second kappa shape index (κ2) is 5.35. The van der Waals surface area contributed by atoms with Crippen LogP contribution in [0.25, 0.3) is 0 Å². The number of benzene rings is 1. The molecule has 0 saturated carbocycles. The van der Waals surface area contributed by atoms with E-state index in [0.717, 1.165) is 0 Å². The number of amides is 1. The van der Waals surface area contributed by atoms with Crippen molar-refractivity contribution in [2.75, 3.05) is 18.9 Å². The zero-order valence-corrected chi connectivity index (χ0v) is 8.93. The molecule has 15 heavy (non-hydrogen) atoms. The second-order valence-electron chi connectivity index (χ2n) is 2.88. The SMILES string of the molecule is CNCC(=O)Nc1ccc(Cl)c(C#N)c1. The predicted molar refractivity (Wildman–Crippen MR) is 58.7 cm³/mol. The molecule has 0 heterocycles. The lowest BCUT2D eigenvalue weighted by Gasteiger charge is -2.05. The molecule has 0 radical (unpaired) electrons. The summed E-state index contributed by atoms with van der Waals surface area (Å²) in [4.78, 5) is 11.2. The highest BCUT2D eigenvalue weighted by molar-refractivity contribution is 6.31. The first-order chi connectivity index (χ1) is 7.17. The van der Waals surface area contributed by atoms with Crippen LogP contribution in [-0.2, 0) is 4.79 Å². The maximum atomic E-state index is 11.2. The van der Waals surface area contributed by atoms with Crippen LogP contribution in [0.3, 0.4) is 0 Å². The smallest absolute Gasteiger partial charge is 0.238 e. The van der Waals surface area contributed by atoms with Gasteiger partial charge in [-0.05, 0) is 25.2 Å². The van der Waals surface area contributed by atoms with E-state index >= 15 is 0 Å². The fourth-order valence-electron chi connectivity index (χ4n) is 1.05. The molecule has 0 atom stereocenters. The van der Waals surface area contributed by atoms with Crippen molar-refractivity contribution in [3.05, 3.63) is 28.8 Å². The van der Waals surface area contributed by atoms with Crippen LogP contribution in [-0.4, -0.2) is 19.5 Å². The van der Waals surface area contributed by atoms with E-state index in [-0.39, 0.29) is 12.5 Å². The third-order valence-electron chi connectivity index (χ3n) is 1.71. The van der Waals surface area contributed by atoms with Crippen LogP contribution < -0.4 is 10.6 Å². The quantitative estimate of drug-likeness (QED) is 0.814. The molecule has 1 aromatic carbocycles. The van der Waals surface area contributed by atoms with Gasteiger partial charge in [0.15, 0.2) is 0 Å². The van der Waals surface area contributed by atoms with Crippen molar-refractivity contribution in [3.8, 4) is 6.07 Å². The first-order valence-corrected chi connectivity index (χ1v) is 4.69. The van der Waals surface area contributed by atoms with E-state index in [9.17, 15) is 4.79 Å². The van der Waals surface area contributed by atoms with E-state index in [1.165, 1.54) is 6.07 Å².